The van der Waals surface area contributed by atoms with Crippen LogP contribution in [-0.4, -0.2) is 90.4 Å². The molecule has 2 aromatic heterocycles. The van der Waals surface area contributed by atoms with Gasteiger partial charge in [0.25, 0.3) is 0 Å². The number of carbonyl (C=O) groups is 2. The Morgan fingerprint density at radius 1 is 1.23 bits per heavy atom. The molecule has 0 saturated carbocycles. The van der Waals surface area contributed by atoms with Gasteiger partial charge in [-0.3, -0.25) is 5.32 Å². The van der Waals surface area contributed by atoms with Gasteiger partial charge in [0.1, 0.15) is 17.7 Å². The number of pyridine rings is 1. The largest absolute Gasteiger partial charge is 0.412 e. The molecule has 2 fully saturated rings. The molecule has 10 nitrogen and oxygen atoms in total. The average Bonchev–Trinajstić information content (AvgIpc) is 3.25. The first-order chi connectivity index (χ1) is 16.8. The maximum atomic E-state index is 14.8. The number of aromatic nitrogens is 2. The van der Waals surface area contributed by atoms with E-state index in [1.165, 1.54) is 16.2 Å². The number of halogens is 1. The second-order valence-corrected chi connectivity index (χ2v) is 10.3. The Kier molecular flexibility index (Phi) is 8.01. The Balaban J connectivity index is 1.35. The second kappa shape index (κ2) is 11.2. The summed E-state index contributed by atoms with van der Waals surface area (Å²) in [6.45, 7) is 4.48. The van der Waals surface area contributed by atoms with Crippen molar-refractivity contribution in [3.05, 3.63) is 29.4 Å². The van der Waals surface area contributed by atoms with Crippen LogP contribution in [0.3, 0.4) is 0 Å². The van der Waals surface area contributed by atoms with Crippen molar-refractivity contribution in [3.63, 3.8) is 0 Å². The summed E-state index contributed by atoms with van der Waals surface area (Å²) in [7, 11) is 3.64. The standard InChI is InChI=1S/C23H32FN7O3S/c1-15-13-26-21(35-15)28-22(32)30(3)19-14-31(11-7-18(19)24)20-12-17(4-8-25-20)34-23(33)27-16-5-9-29(2)10-6-16/h4,8,12-13,16,18-19H,5-7,9-11,14H2,1-3H3,(H,27,33)(H,26,28,32)/t18-,19+/m1/s1. The van der Waals surface area contributed by atoms with E-state index in [1.807, 2.05) is 11.8 Å². The zero-order valence-electron chi connectivity index (χ0n) is 20.2. The van der Waals surface area contributed by atoms with Crippen LogP contribution < -0.4 is 20.3 Å². The molecular formula is C23H32FN7O3S. The molecule has 2 N–H and O–H groups in total. The summed E-state index contributed by atoms with van der Waals surface area (Å²) in [6.07, 6.45) is 3.60. The number of ether oxygens (including phenoxy) is 1. The third kappa shape index (κ3) is 6.57. The monoisotopic (exact) mass is 505 g/mol. The molecule has 0 bridgehead atoms. The first-order valence-corrected chi connectivity index (χ1v) is 12.6. The number of rotatable bonds is 5. The highest BCUT2D eigenvalue weighted by Gasteiger charge is 2.35. The number of aryl methyl sites for hydroxylation is 1. The smallest absolute Gasteiger partial charge is 0.410 e. The van der Waals surface area contributed by atoms with E-state index in [1.54, 1.807) is 31.6 Å². The summed E-state index contributed by atoms with van der Waals surface area (Å²) in [5.41, 5.74) is 0. The molecule has 0 radical (unpaired) electrons. The molecule has 2 atom stereocenters. The van der Waals surface area contributed by atoms with Crippen molar-refractivity contribution in [3.8, 4) is 5.75 Å². The lowest BCUT2D eigenvalue weighted by atomic mass is 10.0. The van der Waals surface area contributed by atoms with Crippen molar-refractivity contribution < 1.29 is 18.7 Å². The number of carbonyl (C=O) groups excluding carboxylic acids is 2. The van der Waals surface area contributed by atoms with Crippen LogP contribution in [0.15, 0.2) is 24.5 Å². The zero-order chi connectivity index (χ0) is 24.9. The quantitative estimate of drug-likeness (QED) is 0.644. The van der Waals surface area contributed by atoms with Gasteiger partial charge in [0, 0.05) is 49.5 Å². The molecule has 12 heteroatoms. The van der Waals surface area contributed by atoms with E-state index in [9.17, 15) is 14.0 Å². The van der Waals surface area contributed by atoms with Crippen LogP contribution in [0.5, 0.6) is 5.75 Å². The lowest BCUT2D eigenvalue weighted by molar-refractivity contribution is 0.133. The van der Waals surface area contributed by atoms with Gasteiger partial charge in [0.2, 0.25) is 0 Å². The van der Waals surface area contributed by atoms with Gasteiger partial charge in [0.15, 0.2) is 5.13 Å². The van der Waals surface area contributed by atoms with Gasteiger partial charge >= 0.3 is 12.1 Å². The summed E-state index contributed by atoms with van der Waals surface area (Å²) < 4.78 is 20.3. The third-order valence-corrected chi connectivity index (χ3v) is 7.27. The molecule has 2 saturated heterocycles. The number of hydrogen-bond acceptors (Lipinski definition) is 8. The third-order valence-electron chi connectivity index (χ3n) is 6.44. The number of anilines is 2. The molecule has 0 aromatic carbocycles. The molecule has 4 heterocycles. The van der Waals surface area contributed by atoms with Crippen molar-refractivity contribution in [1.82, 2.24) is 25.1 Å². The molecule has 0 aliphatic carbocycles. The van der Waals surface area contributed by atoms with Crippen molar-refractivity contribution in [2.45, 2.75) is 44.4 Å². The van der Waals surface area contributed by atoms with Gasteiger partial charge in [-0.15, -0.1) is 11.3 Å². The van der Waals surface area contributed by atoms with Crippen LogP contribution in [0.25, 0.3) is 0 Å². The number of amides is 3. The highest BCUT2D eigenvalue weighted by molar-refractivity contribution is 7.15. The minimum Gasteiger partial charge on any atom is -0.410 e. The Hall–Kier alpha value is -2.99. The number of likely N-dealkylation sites (N-methyl/N-ethyl adjacent to an activating group) is 1. The summed E-state index contributed by atoms with van der Waals surface area (Å²) in [6, 6.07) is 2.31. The van der Waals surface area contributed by atoms with E-state index in [2.05, 4.69) is 32.5 Å². The molecular weight excluding hydrogens is 473 g/mol. The number of thiazole rings is 1. The second-order valence-electron chi connectivity index (χ2n) is 9.10. The highest BCUT2D eigenvalue weighted by Crippen LogP contribution is 2.26. The lowest BCUT2D eigenvalue weighted by Gasteiger charge is -2.40. The number of nitrogens with zero attached hydrogens (tertiary/aromatic N) is 5. The number of piperidine rings is 2. The van der Waals surface area contributed by atoms with Gasteiger partial charge in [-0.05, 0) is 52.4 Å². The number of urea groups is 1. The van der Waals surface area contributed by atoms with Crippen molar-refractivity contribution in [2.24, 2.45) is 0 Å². The van der Waals surface area contributed by atoms with Crippen LogP contribution in [0.2, 0.25) is 0 Å². The maximum Gasteiger partial charge on any atom is 0.412 e. The van der Waals surface area contributed by atoms with Crippen LogP contribution in [-0.2, 0) is 0 Å². The molecule has 190 valence electrons. The fraction of sp³-hybridized carbons (Fsp3) is 0.565. The molecule has 0 spiro atoms. The number of likely N-dealkylation sites (tertiary alicyclic amines) is 1. The van der Waals surface area contributed by atoms with Gasteiger partial charge < -0.3 is 24.8 Å². The van der Waals surface area contributed by atoms with Crippen LogP contribution in [0, 0.1) is 6.92 Å². The predicted octanol–water partition coefficient (Wildman–Crippen LogP) is 3.11. The van der Waals surface area contributed by atoms with Crippen LogP contribution >= 0.6 is 11.3 Å². The first kappa shape index (κ1) is 25.1. The van der Waals surface area contributed by atoms with Crippen molar-refractivity contribution in [2.75, 3.05) is 50.5 Å². The van der Waals surface area contributed by atoms with E-state index in [0.717, 1.165) is 30.8 Å². The maximum absolute atomic E-state index is 14.8. The molecule has 4 rings (SSSR count). The van der Waals surface area contributed by atoms with Gasteiger partial charge in [-0.25, -0.2) is 23.9 Å². The van der Waals surface area contributed by atoms with E-state index >= 15 is 0 Å². The van der Waals surface area contributed by atoms with E-state index in [-0.39, 0.29) is 19.0 Å². The SMILES string of the molecule is Cc1cnc(NC(=O)N(C)[C@H]2CN(c3cc(OC(=O)NC4CCN(C)CC4)ccn3)CC[C@H]2F)s1. The molecule has 0 unspecified atom stereocenters. The predicted molar refractivity (Wildman–Crippen MR) is 133 cm³/mol. The van der Waals surface area contributed by atoms with Crippen molar-refractivity contribution >= 4 is 34.4 Å². The number of hydrogen-bond donors (Lipinski definition) is 2. The Morgan fingerprint density at radius 2 is 2.00 bits per heavy atom. The normalized spacial score (nSPS) is 21.4. The Morgan fingerprint density at radius 3 is 2.71 bits per heavy atom. The van der Waals surface area contributed by atoms with E-state index in [4.69, 9.17) is 4.74 Å². The van der Waals surface area contributed by atoms with Crippen LogP contribution in [0.4, 0.5) is 24.9 Å². The lowest BCUT2D eigenvalue weighted by Crippen LogP contribution is -2.55. The minimum absolute atomic E-state index is 0.0966. The molecule has 35 heavy (non-hydrogen) atoms. The van der Waals surface area contributed by atoms with E-state index in [0.29, 0.717) is 23.2 Å². The van der Waals surface area contributed by atoms with Crippen LogP contribution in [0.1, 0.15) is 24.1 Å². The fourth-order valence-electron chi connectivity index (χ4n) is 4.31. The molecule has 2 aliphatic rings. The molecule has 2 aromatic rings. The summed E-state index contributed by atoms with van der Waals surface area (Å²) >= 11 is 1.36. The van der Waals surface area contributed by atoms with Crippen molar-refractivity contribution in [1.29, 1.82) is 0 Å². The minimum atomic E-state index is -1.17. The molecule has 3 amide bonds. The highest BCUT2D eigenvalue weighted by atomic mass is 32.1. The average molecular weight is 506 g/mol. The summed E-state index contributed by atoms with van der Waals surface area (Å²) in [5.74, 6) is 0.931. The van der Waals surface area contributed by atoms with E-state index < -0.39 is 24.3 Å². The van der Waals surface area contributed by atoms with Gasteiger partial charge in [-0.2, -0.15) is 0 Å². The zero-order valence-corrected chi connectivity index (χ0v) is 21.1. The fourth-order valence-corrected chi connectivity index (χ4v) is 4.97. The van der Waals surface area contributed by atoms with Gasteiger partial charge in [-0.1, -0.05) is 0 Å². The summed E-state index contributed by atoms with van der Waals surface area (Å²) in [4.78, 5) is 40.1. The first-order valence-electron chi connectivity index (χ1n) is 11.8. The van der Waals surface area contributed by atoms with Gasteiger partial charge in [0.05, 0.1) is 6.04 Å². The Labute approximate surface area is 208 Å². The molecule has 2 aliphatic heterocycles. The Bertz CT molecular complexity index is 1030. The number of alkyl halides is 1. The number of nitrogens with one attached hydrogen (secondary N) is 2. The topological polar surface area (TPSA) is 103 Å². The summed E-state index contributed by atoms with van der Waals surface area (Å²) in [5, 5.41) is 6.13.